The van der Waals surface area contributed by atoms with E-state index in [0.29, 0.717) is 39.5 Å². The van der Waals surface area contributed by atoms with Crippen LogP contribution in [0.15, 0.2) is 60.3 Å². The first-order valence-electron chi connectivity index (χ1n) is 10.2. The molecular weight excluding hydrogens is 497 g/mol. The number of methoxy groups -OCH3 is 1. The van der Waals surface area contributed by atoms with Crippen molar-refractivity contribution in [2.45, 2.75) is 24.7 Å². The Morgan fingerprint density at radius 2 is 2.03 bits per heavy atom. The Bertz CT molecular complexity index is 1200. The molecule has 2 N–H and O–H groups in total. The number of ether oxygens (including phenoxy) is 1. The van der Waals surface area contributed by atoms with E-state index in [2.05, 4.69) is 27.4 Å². The summed E-state index contributed by atoms with van der Waals surface area (Å²) in [5.41, 5.74) is 0.937. The highest BCUT2D eigenvalue weighted by Gasteiger charge is 2.21. The van der Waals surface area contributed by atoms with Crippen molar-refractivity contribution in [3.63, 3.8) is 0 Å². The summed E-state index contributed by atoms with van der Waals surface area (Å²) >= 11 is 13.3. The molecule has 0 saturated heterocycles. The van der Waals surface area contributed by atoms with E-state index < -0.39 is 6.04 Å². The number of benzene rings is 2. The van der Waals surface area contributed by atoms with E-state index in [9.17, 15) is 9.59 Å². The third kappa shape index (κ3) is 6.53. The van der Waals surface area contributed by atoms with Gasteiger partial charge >= 0.3 is 0 Å². The largest absolute Gasteiger partial charge is 0.497 e. The van der Waals surface area contributed by atoms with Crippen molar-refractivity contribution < 1.29 is 14.3 Å². The predicted octanol–water partition coefficient (Wildman–Crippen LogP) is 5.00. The van der Waals surface area contributed by atoms with Crippen molar-refractivity contribution >= 4 is 52.5 Å². The standard InChI is InChI=1S/C23H23Cl2N5O3S/c1-4-10-30-21(14(2)26-22(32)18-9-8-15(24)11-19(18)25)28-29-23(30)34-13-20(31)27-16-6-5-7-17(12-16)33-3/h4-9,11-12,14H,1,10,13H2,2-3H3,(H,26,32)(H,27,31)/t14-/m0/s1. The van der Waals surface area contributed by atoms with Crippen LogP contribution in [0.4, 0.5) is 5.69 Å². The molecule has 178 valence electrons. The van der Waals surface area contributed by atoms with Crippen LogP contribution in [-0.4, -0.2) is 39.4 Å². The highest BCUT2D eigenvalue weighted by molar-refractivity contribution is 7.99. The lowest BCUT2D eigenvalue weighted by atomic mass is 10.2. The third-order valence-corrected chi connectivity index (χ3v) is 6.17. The van der Waals surface area contributed by atoms with Crippen molar-refractivity contribution in [2.75, 3.05) is 18.2 Å². The van der Waals surface area contributed by atoms with Crippen molar-refractivity contribution in [3.05, 3.63) is 76.6 Å². The molecule has 3 aromatic rings. The molecule has 1 aromatic heterocycles. The van der Waals surface area contributed by atoms with E-state index in [1.165, 1.54) is 17.8 Å². The number of aromatic nitrogens is 3. The summed E-state index contributed by atoms with van der Waals surface area (Å²) in [6, 6.07) is 11.3. The van der Waals surface area contributed by atoms with E-state index in [-0.39, 0.29) is 22.6 Å². The summed E-state index contributed by atoms with van der Waals surface area (Å²) in [4.78, 5) is 25.1. The number of amides is 2. The van der Waals surface area contributed by atoms with Crippen LogP contribution >= 0.6 is 35.0 Å². The van der Waals surface area contributed by atoms with Crippen LogP contribution in [0.3, 0.4) is 0 Å². The minimum Gasteiger partial charge on any atom is -0.497 e. The summed E-state index contributed by atoms with van der Waals surface area (Å²) < 4.78 is 6.97. The Hall–Kier alpha value is -3.01. The number of hydrogen-bond acceptors (Lipinski definition) is 6. The van der Waals surface area contributed by atoms with Crippen LogP contribution in [0.1, 0.15) is 29.1 Å². The maximum absolute atomic E-state index is 12.7. The molecule has 2 amide bonds. The second-order valence-electron chi connectivity index (χ2n) is 7.13. The highest BCUT2D eigenvalue weighted by atomic mass is 35.5. The van der Waals surface area contributed by atoms with Crippen LogP contribution in [-0.2, 0) is 11.3 Å². The number of carbonyl (C=O) groups excluding carboxylic acids is 2. The first kappa shape index (κ1) is 25.6. The van der Waals surface area contributed by atoms with Gasteiger partial charge in [0.15, 0.2) is 11.0 Å². The van der Waals surface area contributed by atoms with Gasteiger partial charge in [0.1, 0.15) is 5.75 Å². The number of rotatable bonds is 10. The fourth-order valence-electron chi connectivity index (χ4n) is 3.07. The van der Waals surface area contributed by atoms with Crippen LogP contribution < -0.4 is 15.4 Å². The fourth-order valence-corrected chi connectivity index (χ4v) is 4.32. The summed E-state index contributed by atoms with van der Waals surface area (Å²) in [6.45, 7) is 5.97. The first-order chi connectivity index (χ1) is 16.3. The Labute approximate surface area is 211 Å². The molecule has 3 rings (SSSR count). The molecule has 8 nitrogen and oxygen atoms in total. The zero-order chi connectivity index (χ0) is 24.7. The summed E-state index contributed by atoms with van der Waals surface area (Å²) in [7, 11) is 1.56. The predicted molar refractivity (Wildman–Crippen MR) is 135 cm³/mol. The van der Waals surface area contributed by atoms with Crippen molar-refractivity contribution in [3.8, 4) is 5.75 Å². The molecule has 1 atom stereocenters. The monoisotopic (exact) mass is 519 g/mol. The Kier molecular flexibility index (Phi) is 8.98. The van der Waals surface area contributed by atoms with Gasteiger partial charge in [-0.25, -0.2) is 0 Å². The van der Waals surface area contributed by atoms with E-state index in [1.54, 1.807) is 61.1 Å². The second kappa shape index (κ2) is 11.9. The summed E-state index contributed by atoms with van der Waals surface area (Å²) in [5, 5.41) is 15.4. The van der Waals surface area contributed by atoms with E-state index in [0.717, 1.165) is 0 Å². The van der Waals surface area contributed by atoms with Gasteiger partial charge in [-0.1, -0.05) is 47.1 Å². The van der Waals surface area contributed by atoms with Crippen LogP contribution in [0, 0.1) is 0 Å². The number of allylic oxidation sites excluding steroid dienone is 1. The Balaban J connectivity index is 1.67. The number of hydrogen-bond donors (Lipinski definition) is 2. The average Bonchev–Trinajstić information content (AvgIpc) is 3.20. The molecule has 0 fully saturated rings. The van der Waals surface area contributed by atoms with Crippen LogP contribution in [0.2, 0.25) is 10.0 Å². The van der Waals surface area contributed by atoms with Gasteiger partial charge in [-0.2, -0.15) is 0 Å². The van der Waals surface area contributed by atoms with Crippen LogP contribution in [0.25, 0.3) is 0 Å². The maximum atomic E-state index is 12.7. The van der Waals surface area contributed by atoms with Gasteiger partial charge in [0.05, 0.1) is 29.5 Å². The lowest BCUT2D eigenvalue weighted by molar-refractivity contribution is -0.113. The zero-order valence-electron chi connectivity index (χ0n) is 18.5. The van der Waals surface area contributed by atoms with Gasteiger partial charge in [-0.15, -0.1) is 16.8 Å². The number of nitrogens with zero attached hydrogens (tertiary/aromatic N) is 3. The lowest BCUT2D eigenvalue weighted by Crippen LogP contribution is -2.29. The minimum absolute atomic E-state index is 0.119. The quantitative estimate of drug-likeness (QED) is 0.288. The molecule has 0 saturated carbocycles. The molecule has 0 radical (unpaired) electrons. The molecule has 0 bridgehead atoms. The topological polar surface area (TPSA) is 98.1 Å². The first-order valence-corrected chi connectivity index (χ1v) is 11.9. The number of halogens is 2. The molecule has 0 aliphatic rings. The normalized spacial score (nSPS) is 11.5. The van der Waals surface area contributed by atoms with E-state index >= 15 is 0 Å². The summed E-state index contributed by atoms with van der Waals surface area (Å²) in [5.74, 6) is 0.722. The van der Waals surface area contributed by atoms with Gasteiger partial charge in [0.2, 0.25) is 5.91 Å². The maximum Gasteiger partial charge on any atom is 0.253 e. The molecular formula is C23H23Cl2N5O3S. The second-order valence-corrected chi connectivity index (χ2v) is 8.91. The Morgan fingerprint density at radius 3 is 2.74 bits per heavy atom. The molecule has 0 unspecified atom stereocenters. The molecule has 34 heavy (non-hydrogen) atoms. The SMILES string of the molecule is C=CCn1c(SCC(=O)Nc2cccc(OC)c2)nnc1[C@H](C)NC(=O)c1ccc(Cl)cc1Cl. The van der Waals surface area contributed by atoms with Crippen LogP contribution in [0.5, 0.6) is 5.75 Å². The molecule has 1 heterocycles. The third-order valence-electron chi connectivity index (χ3n) is 4.65. The van der Waals surface area contributed by atoms with Gasteiger partial charge in [-0.05, 0) is 37.3 Å². The highest BCUT2D eigenvalue weighted by Crippen LogP contribution is 2.24. The number of anilines is 1. The van der Waals surface area contributed by atoms with Crippen molar-refractivity contribution in [1.82, 2.24) is 20.1 Å². The summed E-state index contributed by atoms with van der Waals surface area (Å²) in [6.07, 6.45) is 1.69. The number of thioether (sulfide) groups is 1. The molecule has 0 aliphatic carbocycles. The van der Waals surface area contributed by atoms with E-state index in [4.69, 9.17) is 27.9 Å². The minimum atomic E-state index is -0.480. The zero-order valence-corrected chi connectivity index (χ0v) is 20.9. The average molecular weight is 520 g/mol. The van der Waals surface area contributed by atoms with E-state index in [1.807, 2.05) is 0 Å². The number of carbonyl (C=O) groups is 2. The fraction of sp³-hybridized carbons (Fsp3) is 0.217. The van der Waals surface area contributed by atoms with Crippen molar-refractivity contribution in [1.29, 1.82) is 0 Å². The molecule has 0 spiro atoms. The Morgan fingerprint density at radius 1 is 1.24 bits per heavy atom. The molecule has 2 aromatic carbocycles. The van der Waals surface area contributed by atoms with Gasteiger partial charge in [0.25, 0.3) is 5.91 Å². The van der Waals surface area contributed by atoms with Gasteiger partial charge < -0.3 is 19.9 Å². The van der Waals surface area contributed by atoms with Gasteiger partial charge in [0, 0.05) is 23.3 Å². The molecule has 0 aliphatic heterocycles. The van der Waals surface area contributed by atoms with Gasteiger partial charge in [-0.3, -0.25) is 9.59 Å². The lowest BCUT2D eigenvalue weighted by Gasteiger charge is -2.16. The number of nitrogens with one attached hydrogen (secondary N) is 2. The van der Waals surface area contributed by atoms with Crippen molar-refractivity contribution in [2.24, 2.45) is 0 Å². The smallest absolute Gasteiger partial charge is 0.253 e. The molecule has 11 heteroatoms.